The van der Waals surface area contributed by atoms with Crippen LogP contribution in [0.15, 0.2) is 46.9 Å². The van der Waals surface area contributed by atoms with Gasteiger partial charge in [-0.05, 0) is 48.0 Å². The minimum atomic E-state index is -0.241. The molecule has 2 aromatic rings. The molecule has 0 aliphatic heterocycles. The van der Waals surface area contributed by atoms with Crippen LogP contribution in [0.4, 0.5) is 4.39 Å². The van der Waals surface area contributed by atoms with Crippen molar-refractivity contribution >= 4 is 15.9 Å². The van der Waals surface area contributed by atoms with Gasteiger partial charge in [-0.1, -0.05) is 35.0 Å². The van der Waals surface area contributed by atoms with E-state index in [0.29, 0.717) is 6.61 Å². The Kier molecular flexibility index (Phi) is 5.56. The Balaban J connectivity index is 2.02. The summed E-state index contributed by atoms with van der Waals surface area (Å²) >= 11 is 3.52. The zero-order valence-corrected chi connectivity index (χ0v) is 12.9. The summed E-state index contributed by atoms with van der Waals surface area (Å²) in [7, 11) is 0. The minimum absolute atomic E-state index is 0.241. The van der Waals surface area contributed by atoms with E-state index in [9.17, 15) is 4.39 Å². The lowest BCUT2D eigenvalue weighted by atomic mass is 10.2. The molecule has 0 saturated heterocycles. The molecule has 0 heterocycles. The maximum absolute atomic E-state index is 13.1. The first kappa shape index (κ1) is 15.0. The second kappa shape index (κ2) is 7.41. The first-order chi connectivity index (χ1) is 9.69. The lowest BCUT2D eigenvalue weighted by molar-refractivity contribution is 0.305. The molecule has 1 N–H and O–H groups in total. The van der Waals surface area contributed by atoms with Crippen molar-refractivity contribution < 1.29 is 9.13 Å². The fourth-order valence-corrected chi connectivity index (χ4v) is 2.22. The Morgan fingerprint density at radius 3 is 2.80 bits per heavy atom. The predicted octanol–water partition coefficient (Wildman–Crippen LogP) is 4.28. The van der Waals surface area contributed by atoms with Crippen LogP contribution in [-0.4, -0.2) is 6.54 Å². The summed E-state index contributed by atoms with van der Waals surface area (Å²) in [5.41, 5.74) is 1.96. The summed E-state index contributed by atoms with van der Waals surface area (Å²) < 4.78 is 19.8. The maximum atomic E-state index is 13.1. The molecule has 0 spiro atoms. The van der Waals surface area contributed by atoms with E-state index < -0.39 is 0 Å². The Hall–Kier alpha value is -1.39. The molecule has 2 aromatic carbocycles. The van der Waals surface area contributed by atoms with Gasteiger partial charge in [-0.25, -0.2) is 4.39 Å². The third-order valence-electron chi connectivity index (χ3n) is 2.88. The van der Waals surface area contributed by atoms with E-state index in [1.165, 1.54) is 12.1 Å². The van der Waals surface area contributed by atoms with Crippen LogP contribution in [0.3, 0.4) is 0 Å². The van der Waals surface area contributed by atoms with E-state index >= 15 is 0 Å². The average Bonchev–Trinajstić information content (AvgIpc) is 2.45. The Morgan fingerprint density at radius 2 is 2.05 bits per heavy atom. The van der Waals surface area contributed by atoms with E-state index in [0.717, 1.165) is 34.4 Å². The van der Waals surface area contributed by atoms with Crippen LogP contribution in [0.5, 0.6) is 5.75 Å². The van der Waals surface area contributed by atoms with Gasteiger partial charge in [0.2, 0.25) is 0 Å². The van der Waals surface area contributed by atoms with Gasteiger partial charge in [0, 0.05) is 11.0 Å². The number of nitrogens with one attached hydrogen (secondary N) is 1. The first-order valence-electron chi connectivity index (χ1n) is 6.55. The fraction of sp³-hybridized carbons (Fsp3) is 0.250. The molecule has 106 valence electrons. The number of benzene rings is 2. The van der Waals surface area contributed by atoms with Crippen molar-refractivity contribution in [3.05, 3.63) is 63.9 Å². The van der Waals surface area contributed by atoms with Crippen molar-refractivity contribution in [1.82, 2.24) is 5.32 Å². The first-order valence-corrected chi connectivity index (χ1v) is 7.34. The molecule has 0 unspecified atom stereocenters. The molecule has 20 heavy (non-hydrogen) atoms. The third-order valence-corrected chi connectivity index (χ3v) is 3.65. The van der Waals surface area contributed by atoms with Gasteiger partial charge >= 0.3 is 0 Å². The van der Waals surface area contributed by atoms with Crippen molar-refractivity contribution in [2.75, 3.05) is 6.54 Å². The summed E-state index contributed by atoms with van der Waals surface area (Å²) in [5, 5.41) is 3.28. The number of rotatable bonds is 6. The molecule has 0 amide bonds. The second-order valence-electron chi connectivity index (χ2n) is 4.45. The average molecular weight is 338 g/mol. The number of ether oxygens (including phenoxy) is 1. The fourth-order valence-electron chi connectivity index (χ4n) is 1.83. The molecule has 0 aromatic heterocycles. The van der Waals surface area contributed by atoms with Crippen LogP contribution in [0, 0.1) is 5.82 Å². The van der Waals surface area contributed by atoms with Crippen LogP contribution in [-0.2, 0) is 13.2 Å². The van der Waals surface area contributed by atoms with Crippen LogP contribution >= 0.6 is 15.9 Å². The van der Waals surface area contributed by atoms with E-state index in [1.54, 1.807) is 6.07 Å². The van der Waals surface area contributed by atoms with Gasteiger partial charge in [0.15, 0.2) is 0 Å². The second-order valence-corrected chi connectivity index (χ2v) is 5.31. The van der Waals surface area contributed by atoms with Gasteiger partial charge in [-0.3, -0.25) is 0 Å². The third kappa shape index (κ3) is 4.32. The van der Waals surface area contributed by atoms with E-state index in [2.05, 4.69) is 28.2 Å². The summed E-state index contributed by atoms with van der Waals surface area (Å²) in [6.07, 6.45) is 0. The number of halogens is 2. The lowest BCUT2D eigenvalue weighted by Gasteiger charge is -2.10. The van der Waals surface area contributed by atoms with Gasteiger partial charge in [-0.2, -0.15) is 0 Å². The molecule has 0 radical (unpaired) electrons. The van der Waals surface area contributed by atoms with Gasteiger partial charge in [0.05, 0.1) is 0 Å². The standard InChI is InChI=1S/C16H17BrFNO/c1-2-19-10-13-9-15(6-7-16(13)17)20-11-12-4-3-5-14(18)8-12/h3-9,19H,2,10-11H2,1H3. The molecular formula is C16H17BrFNO. The SMILES string of the molecule is CCNCc1cc(OCc2cccc(F)c2)ccc1Br. The quantitative estimate of drug-likeness (QED) is 0.849. The largest absolute Gasteiger partial charge is 0.489 e. The highest BCUT2D eigenvalue weighted by atomic mass is 79.9. The normalized spacial score (nSPS) is 10.6. The highest BCUT2D eigenvalue weighted by molar-refractivity contribution is 9.10. The molecule has 2 rings (SSSR count). The van der Waals surface area contributed by atoms with Crippen LogP contribution in [0.25, 0.3) is 0 Å². The number of hydrogen-bond acceptors (Lipinski definition) is 2. The van der Waals surface area contributed by atoms with E-state index in [1.807, 2.05) is 24.3 Å². The van der Waals surface area contributed by atoms with Gasteiger partial charge < -0.3 is 10.1 Å². The molecular weight excluding hydrogens is 321 g/mol. The summed E-state index contributed by atoms with van der Waals surface area (Å²) in [6, 6.07) is 12.3. The molecule has 4 heteroatoms. The Morgan fingerprint density at radius 1 is 1.20 bits per heavy atom. The van der Waals surface area contributed by atoms with E-state index in [-0.39, 0.29) is 5.82 Å². The Labute approximate surface area is 127 Å². The van der Waals surface area contributed by atoms with Crippen molar-refractivity contribution in [3.8, 4) is 5.75 Å². The summed E-state index contributed by atoms with van der Waals surface area (Å²) in [4.78, 5) is 0. The molecule has 2 nitrogen and oxygen atoms in total. The zero-order chi connectivity index (χ0) is 14.4. The highest BCUT2D eigenvalue weighted by Crippen LogP contribution is 2.23. The van der Waals surface area contributed by atoms with Gasteiger partial charge in [0.25, 0.3) is 0 Å². The van der Waals surface area contributed by atoms with Crippen LogP contribution in [0.2, 0.25) is 0 Å². The van der Waals surface area contributed by atoms with Crippen molar-refractivity contribution in [2.24, 2.45) is 0 Å². The van der Waals surface area contributed by atoms with Crippen LogP contribution in [0.1, 0.15) is 18.1 Å². The van der Waals surface area contributed by atoms with Gasteiger partial charge in [-0.15, -0.1) is 0 Å². The summed E-state index contributed by atoms with van der Waals surface area (Å²) in [5.74, 6) is 0.542. The molecule has 0 fully saturated rings. The molecule has 0 saturated carbocycles. The monoisotopic (exact) mass is 337 g/mol. The maximum Gasteiger partial charge on any atom is 0.123 e. The topological polar surface area (TPSA) is 21.3 Å². The molecule has 0 bridgehead atoms. The number of hydrogen-bond donors (Lipinski definition) is 1. The predicted molar refractivity (Wildman–Crippen MR) is 82.3 cm³/mol. The molecule has 0 atom stereocenters. The zero-order valence-electron chi connectivity index (χ0n) is 11.3. The van der Waals surface area contributed by atoms with Gasteiger partial charge in [0.1, 0.15) is 18.2 Å². The molecule has 0 aliphatic rings. The van der Waals surface area contributed by atoms with E-state index in [4.69, 9.17) is 4.74 Å². The van der Waals surface area contributed by atoms with Crippen molar-refractivity contribution in [1.29, 1.82) is 0 Å². The molecule has 0 aliphatic carbocycles. The lowest BCUT2D eigenvalue weighted by Crippen LogP contribution is -2.12. The smallest absolute Gasteiger partial charge is 0.123 e. The summed E-state index contributed by atoms with van der Waals surface area (Å²) in [6.45, 7) is 4.13. The van der Waals surface area contributed by atoms with Crippen molar-refractivity contribution in [2.45, 2.75) is 20.1 Å². The Bertz CT molecular complexity index is 574. The van der Waals surface area contributed by atoms with Crippen LogP contribution < -0.4 is 10.1 Å². The van der Waals surface area contributed by atoms with Crippen molar-refractivity contribution in [3.63, 3.8) is 0 Å². The minimum Gasteiger partial charge on any atom is -0.489 e. The highest BCUT2D eigenvalue weighted by Gasteiger charge is 2.03.